The summed E-state index contributed by atoms with van der Waals surface area (Å²) in [5.41, 5.74) is 0.0172. The van der Waals surface area contributed by atoms with Gasteiger partial charge in [-0.05, 0) is 30.3 Å². The van der Waals surface area contributed by atoms with Crippen molar-refractivity contribution in [2.45, 2.75) is 6.18 Å². The van der Waals surface area contributed by atoms with Crippen molar-refractivity contribution in [3.63, 3.8) is 0 Å². The fraction of sp³-hybridized carbons (Fsp3) is 0.294. The van der Waals surface area contributed by atoms with Gasteiger partial charge in [-0.15, -0.1) is 12.4 Å². The Bertz CT molecular complexity index is 746. The van der Waals surface area contributed by atoms with Gasteiger partial charge in [0.25, 0.3) is 5.91 Å². The van der Waals surface area contributed by atoms with Crippen LogP contribution in [0, 0.1) is 0 Å². The van der Waals surface area contributed by atoms with E-state index in [1.807, 2.05) is 6.07 Å². The number of benzene rings is 1. The van der Waals surface area contributed by atoms with Crippen LogP contribution < -0.4 is 15.5 Å². The maximum Gasteiger partial charge on any atom is 0.416 e. The molecule has 0 spiro atoms. The molecule has 26 heavy (non-hydrogen) atoms. The maximum atomic E-state index is 12.7. The predicted molar refractivity (Wildman–Crippen MR) is 96.0 cm³/mol. The van der Waals surface area contributed by atoms with E-state index in [0.717, 1.165) is 44.0 Å². The summed E-state index contributed by atoms with van der Waals surface area (Å²) in [4.78, 5) is 18.5. The van der Waals surface area contributed by atoms with Gasteiger partial charge in [0, 0.05) is 31.7 Å². The van der Waals surface area contributed by atoms with Crippen LogP contribution in [-0.2, 0) is 6.18 Å². The molecule has 0 unspecified atom stereocenters. The van der Waals surface area contributed by atoms with Crippen LogP contribution in [0.3, 0.4) is 0 Å². The average molecular weight is 387 g/mol. The molecule has 1 aromatic heterocycles. The lowest BCUT2D eigenvalue weighted by Crippen LogP contribution is -2.43. The SMILES string of the molecule is Cl.O=C(Nc1ccc(N2CCNCC2)cn1)c1cccc(C(F)(F)F)c1. The largest absolute Gasteiger partial charge is 0.416 e. The van der Waals surface area contributed by atoms with Gasteiger partial charge >= 0.3 is 6.18 Å². The molecule has 140 valence electrons. The second-order valence-corrected chi connectivity index (χ2v) is 5.67. The van der Waals surface area contributed by atoms with Crippen LogP contribution in [0.2, 0.25) is 0 Å². The number of piperazine rings is 1. The summed E-state index contributed by atoms with van der Waals surface area (Å²) >= 11 is 0. The fourth-order valence-corrected chi connectivity index (χ4v) is 2.60. The van der Waals surface area contributed by atoms with E-state index in [2.05, 4.69) is 20.5 Å². The molecule has 0 saturated carbocycles. The third kappa shape index (κ3) is 4.86. The second kappa shape index (κ2) is 8.37. The highest BCUT2D eigenvalue weighted by molar-refractivity contribution is 6.03. The van der Waals surface area contributed by atoms with Crippen molar-refractivity contribution in [3.8, 4) is 0 Å². The number of anilines is 2. The van der Waals surface area contributed by atoms with E-state index in [9.17, 15) is 18.0 Å². The van der Waals surface area contributed by atoms with Gasteiger partial charge in [0.2, 0.25) is 0 Å². The first-order valence-corrected chi connectivity index (χ1v) is 7.84. The van der Waals surface area contributed by atoms with Crippen molar-refractivity contribution in [1.29, 1.82) is 0 Å². The number of carbonyl (C=O) groups is 1. The Hall–Kier alpha value is -2.32. The first-order chi connectivity index (χ1) is 11.9. The molecule has 0 aliphatic carbocycles. The van der Waals surface area contributed by atoms with Crippen LogP contribution in [-0.4, -0.2) is 37.1 Å². The van der Waals surface area contributed by atoms with Crippen LogP contribution in [0.4, 0.5) is 24.7 Å². The van der Waals surface area contributed by atoms with E-state index in [1.54, 1.807) is 12.3 Å². The monoisotopic (exact) mass is 386 g/mol. The highest BCUT2D eigenvalue weighted by atomic mass is 35.5. The Morgan fingerprint density at radius 2 is 1.88 bits per heavy atom. The number of rotatable bonds is 3. The van der Waals surface area contributed by atoms with Crippen molar-refractivity contribution in [2.24, 2.45) is 0 Å². The zero-order valence-corrected chi connectivity index (χ0v) is 14.5. The Morgan fingerprint density at radius 3 is 2.50 bits per heavy atom. The van der Waals surface area contributed by atoms with Crippen molar-refractivity contribution in [1.82, 2.24) is 10.3 Å². The quantitative estimate of drug-likeness (QED) is 0.850. The number of aromatic nitrogens is 1. The summed E-state index contributed by atoms with van der Waals surface area (Å²) in [6.07, 6.45) is -2.84. The lowest BCUT2D eigenvalue weighted by molar-refractivity contribution is -0.137. The molecule has 2 heterocycles. The summed E-state index contributed by atoms with van der Waals surface area (Å²) in [5, 5.41) is 5.77. The standard InChI is InChI=1S/C17H17F3N4O.ClH/c18-17(19,20)13-3-1-2-12(10-13)16(25)23-15-5-4-14(11-22-15)24-8-6-21-7-9-24;/h1-5,10-11,21H,6-9H2,(H,22,23,25);1H. The van der Waals surface area contributed by atoms with Crippen molar-refractivity contribution < 1.29 is 18.0 Å². The summed E-state index contributed by atoms with van der Waals surface area (Å²) in [6.45, 7) is 3.54. The molecule has 1 aliphatic rings. The van der Waals surface area contributed by atoms with Gasteiger partial charge in [0.1, 0.15) is 5.82 Å². The molecule has 3 rings (SSSR count). The molecule has 2 aromatic rings. The number of carbonyl (C=O) groups excluding carboxylic acids is 1. The molecule has 9 heteroatoms. The van der Waals surface area contributed by atoms with E-state index in [1.165, 1.54) is 12.1 Å². The molecule has 0 radical (unpaired) electrons. The number of nitrogens with one attached hydrogen (secondary N) is 2. The first-order valence-electron chi connectivity index (χ1n) is 7.84. The number of amides is 1. The zero-order valence-electron chi connectivity index (χ0n) is 13.7. The predicted octanol–water partition coefficient (Wildman–Crippen LogP) is 3.18. The molecular formula is C17H18ClF3N4O. The Labute approximate surface area is 155 Å². The lowest BCUT2D eigenvalue weighted by Gasteiger charge is -2.29. The van der Waals surface area contributed by atoms with Gasteiger partial charge in [-0.25, -0.2) is 4.98 Å². The molecule has 1 fully saturated rings. The van der Waals surface area contributed by atoms with Crippen LogP contribution in [0.1, 0.15) is 15.9 Å². The topological polar surface area (TPSA) is 57.3 Å². The number of hydrogen-bond donors (Lipinski definition) is 2. The van der Waals surface area contributed by atoms with Gasteiger partial charge in [-0.3, -0.25) is 4.79 Å². The van der Waals surface area contributed by atoms with Crippen LogP contribution in [0.15, 0.2) is 42.6 Å². The van der Waals surface area contributed by atoms with E-state index < -0.39 is 17.6 Å². The Balaban J connectivity index is 0.00000243. The minimum absolute atomic E-state index is 0. The van der Waals surface area contributed by atoms with Gasteiger partial charge < -0.3 is 15.5 Å². The molecule has 0 atom stereocenters. The maximum absolute atomic E-state index is 12.7. The lowest BCUT2D eigenvalue weighted by atomic mass is 10.1. The first kappa shape index (κ1) is 20.0. The number of nitrogens with zero attached hydrogens (tertiary/aromatic N) is 2. The number of alkyl halides is 3. The highest BCUT2D eigenvalue weighted by Gasteiger charge is 2.30. The summed E-state index contributed by atoms with van der Waals surface area (Å²) in [5.74, 6) is -0.338. The molecular weight excluding hydrogens is 369 g/mol. The number of pyridine rings is 1. The van der Waals surface area contributed by atoms with E-state index in [0.29, 0.717) is 5.82 Å². The van der Waals surface area contributed by atoms with Gasteiger partial charge in [-0.1, -0.05) is 6.07 Å². The van der Waals surface area contributed by atoms with Crippen molar-refractivity contribution in [3.05, 3.63) is 53.7 Å². The molecule has 1 amide bonds. The van der Waals surface area contributed by atoms with Gasteiger partial charge in [0.15, 0.2) is 0 Å². The van der Waals surface area contributed by atoms with E-state index >= 15 is 0 Å². The van der Waals surface area contributed by atoms with Crippen LogP contribution in [0.25, 0.3) is 0 Å². The van der Waals surface area contributed by atoms with Gasteiger partial charge in [-0.2, -0.15) is 13.2 Å². The number of halogens is 4. The fourth-order valence-electron chi connectivity index (χ4n) is 2.60. The van der Waals surface area contributed by atoms with Crippen LogP contribution in [0.5, 0.6) is 0 Å². The van der Waals surface area contributed by atoms with E-state index in [4.69, 9.17) is 0 Å². The minimum atomic E-state index is -4.49. The Kier molecular flexibility index (Phi) is 6.44. The summed E-state index contributed by atoms with van der Waals surface area (Å²) in [6, 6.07) is 7.77. The average Bonchev–Trinajstić information content (AvgIpc) is 2.62. The minimum Gasteiger partial charge on any atom is -0.368 e. The zero-order chi connectivity index (χ0) is 17.9. The third-order valence-corrected chi connectivity index (χ3v) is 3.92. The number of hydrogen-bond acceptors (Lipinski definition) is 4. The molecule has 1 saturated heterocycles. The molecule has 1 aliphatic heterocycles. The molecule has 5 nitrogen and oxygen atoms in total. The highest BCUT2D eigenvalue weighted by Crippen LogP contribution is 2.29. The molecule has 0 bridgehead atoms. The van der Waals surface area contributed by atoms with Crippen molar-refractivity contribution >= 4 is 29.8 Å². The normalized spacial score (nSPS) is 14.5. The molecule has 2 N–H and O–H groups in total. The van der Waals surface area contributed by atoms with Gasteiger partial charge in [0.05, 0.1) is 17.4 Å². The van der Waals surface area contributed by atoms with E-state index in [-0.39, 0.29) is 18.0 Å². The van der Waals surface area contributed by atoms with Crippen molar-refractivity contribution in [2.75, 3.05) is 36.4 Å². The smallest absolute Gasteiger partial charge is 0.368 e. The molecule has 1 aromatic carbocycles. The Morgan fingerprint density at radius 1 is 1.15 bits per heavy atom. The summed E-state index contributed by atoms with van der Waals surface area (Å²) < 4.78 is 38.2. The second-order valence-electron chi connectivity index (χ2n) is 5.67. The third-order valence-electron chi connectivity index (χ3n) is 3.92. The van der Waals surface area contributed by atoms with Crippen LogP contribution >= 0.6 is 12.4 Å². The summed E-state index contributed by atoms with van der Waals surface area (Å²) in [7, 11) is 0.